The van der Waals surface area contributed by atoms with E-state index in [0.717, 1.165) is 0 Å². The summed E-state index contributed by atoms with van der Waals surface area (Å²) in [5.74, 6) is -5.95. The van der Waals surface area contributed by atoms with Crippen LogP contribution in [-0.4, -0.2) is 96.3 Å². The van der Waals surface area contributed by atoms with Crippen LogP contribution in [0.25, 0.3) is 0 Å². The van der Waals surface area contributed by atoms with Crippen molar-refractivity contribution >= 4 is 47.4 Å². The van der Waals surface area contributed by atoms with Crippen LogP contribution in [0.3, 0.4) is 0 Å². The van der Waals surface area contributed by atoms with E-state index < -0.39 is 66.1 Å². The molecule has 0 aliphatic heterocycles. The minimum Gasteiger partial charge on any atom is -0.480 e. The Balaban J connectivity index is 5.69. The Morgan fingerprint density at radius 2 is 1.15 bits per heavy atom. The van der Waals surface area contributed by atoms with Crippen LogP contribution in [0.1, 0.15) is 39.0 Å². The van der Waals surface area contributed by atoms with Crippen LogP contribution in [-0.2, 0) is 28.8 Å². The number of nitrogens with one attached hydrogen (secondary N) is 4. The summed E-state index contributed by atoms with van der Waals surface area (Å²) in [5, 5.41) is 18.8. The third-order valence-electron chi connectivity index (χ3n) is 5.13. The number of carbonyl (C=O) groups is 6. The van der Waals surface area contributed by atoms with E-state index >= 15 is 0 Å². The molecule has 0 aliphatic carbocycles. The van der Waals surface area contributed by atoms with Gasteiger partial charge in [-0.3, -0.25) is 34.0 Å². The first-order chi connectivity index (χ1) is 18.7. The quantitative estimate of drug-likeness (QED) is 0.0391. The number of carbonyl (C=O) groups excluding carboxylic acids is 5. The molecule has 0 aromatic heterocycles. The molecular formula is C21H40N12O7. The monoisotopic (exact) mass is 572 g/mol. The van der Waals surface area contributed by atoms with Crippen molar-refractivity contribution in [2.24, 2.45) is 44.4 Å². The van der Waals surface area contributed by atoms with Crippen molar-refractivity contribution in [2.45, 2.75) is 63.2 Å². The maximum Gasteiger partial charge on any atom is 0.326 e. The van der Waals surface area contributed by atoms with Crippen molar-refractivity contribution in [3.05, 3.63) is 0 Å². The van der Waals surface area contributed by atoms with E-state index in [2.05, 4.69) is 31.3 Å². The fourth-order valence-corrected chi connectivity index (χ4v) is 3.15. The first-order valence-electron chi connectivity index (χ1n) is 12.2. The van der Waals surface area contributed by atoms with Crippen molar-refractivity contribution in [3.8, 4) is 0 Å². The Labute approximate surface area is 230 Å². The maximum atomic E-state index is 13.0. The van der Waals surface area contributed by atoms with Gasteiger partial charge in [0.05, 0.1) is 13.0 Å². The summed E-state index contributed by atoms with van der Waals surface area (Å²) in [7, 11) is 0. The van der Waals surface area contributed by atoms with Crippen LogP contribution in [0, 0.1) is 0 Å². The molecule has 19 nitrogen and oxygen atoms in total. The number of hydrogen-bond donors (Lipinski definition) is 11. The number of carboxylic acid groups (broad SMARTS) is 1. The molecule has 0 heterocycles. The molecule has 0 fully saturated rings. The molecule has 0 aromatic carbocycles. The SMILES string of the molecule is C[C@H](NC(=O)CN)C(=O)N[C@@H](CC(N)=O)C(=O)N[C@@H](CCCN=C(N)N)C(=O)N[C@@H](CCCN=C(N)N)C(=O)O. The smallest absolute Gasteiger partial charge is 0.326 e. The van der Waals surface area contributed by atoms with Crippen molar-refractivity contribution in [3.63, 3.8) is 0 Å². The van der Waals surface area contributed by atoms with Gasteiger partial charge in [-0.25, -0.2) is 4.79 Å². The zero-order valence-corrected chi connectivity index (χ0v) is 22.2. The molecule has 0 saturated heterocycles. The average Bonchev–Trinajstić information content (AvgIpc) is 2.85. The van der Waals surface area contributed by atoms with Crippen LogP contribution < -0.4 is 55.7 Å². The summed E-state index contributed by atoms with van der Waals surface area (Å²) in [6, 6.07) is -5.30. The molecule has 0 spiro atoms. The third kappa shape index (κ3) is 15.5. The molecule has 0 saturated carbocycles. The molecule has 226 valence electrons. The highest BCUT2D eigenvalue weighted by atomic mass is 16.4. The molecule has 0 aromatic rings. The fraction of sp³-hybridized carbons (Fsp3) is 0.619. The normalized spacial score (nSPS) is 13.3. The second-order valence-electron chi connectivity index (χ2n) is 8.58. The molecule has 0 bridgehead atoms. The molecule has 0 radical (unpaired) electrons. The van der Waals surface area contributed by atoms with Gasteiger partial charge in [-0.1, -0.05) is 0 Å². The third-order valence-corrected chi connectivity index (χ3v) is 5.13. The highest BCUT2D eigenvalue weighted by molar-refractivity contribution is 5.96. The molecule has 40 heavy (non-hydrogen) atoms. The molecular weight excluding hydrogens is 532 g/mol. The molecule has 17 N–H and O–H groups in total. The van der Waals surface area contributed by atoms with Gasteiger partial charge in [-0.2, -0.15) is 0 Å². The topological polar surface area (TPSA) is 352 Å². The highest BCUT2D eigenvalue weighted by Gasteiger charge is 2.31. The first-order valence-corrected chi connectivity index (χ1v) is 12.2. The molecule has 0 unspecified atom stereocenters. The van der Waals surface area contributed by atoms with Gasteiger partial charge in [-0.05, 0) is 32.6 Å². The van der Waals surface area contributed by atoms with E-state index in [1.54, 1.807) is 0 Å². The van der Waals surface area contributed by atoms with Crippen molar-refractivity contribution in [1.29, 1.82) is 0 Å². The summed E-state index contributed by atoms with van der Waals surface area (Å²) >= 11 is 0. The van der Waals surface area contributed by atoms with E-state index in [4.69, 9.17) is 34.4 Å². The van der Waals surface area contributed by atoms with Crippen LogP contribution in [0.2, 0.25) is 0 Å². The lowest BCUT2D eigenvalue weighted by atomic mass is 10.1. The minimum atomic E-state index is -1.52. The summed E-state index contributed by atoms with van der Waals surface area (Å²) < 4.78 is 0. The van der Waals surface area contributed by atoms with Gasteiger partial charge in [0.2, 0.25) is 29.5 Å². The van der Waals surface area contributed by atoms with E-state index in [-0.39, 0.29) is 57.2 Å². The van der Waals surface area contributed by atoms with Crippen LogP contribution in [0.5, 0.6) is 0 Å². The second-order valence-corrected chi connectivity index (χ2v) is 8.58. The number of aliphatic imine (C=N–C) groups is 2. The van der Waals surface area contributed by atoms with E-state index in [9.17, 15) is 33.9 Å². The first kappa shape index (κ1) is 35.3. The lowest BCUT2D eigenvalue weighted by Gasteiger charge is -2.25. The molecule has 0 aliphatic rings. The fourth-order valence-electron chi connectivity index (χ4n) is 3.15. The van der Waals surface area contributed by atoms with Gasteiger partial charge in [0.15, 0.2) is 11.9 Å². The Hall–Kier alpha value is -4.68. The number of aliphatic carboxylic acids is 1. The zero-order chi connectivity index (χ0) is 30.8. The number of amides is 5. The van der Waals surface area contributed by atoms with E-state index in [1.165, 1.54) is 6.92 Å². The van der Waals surface area contributed by atoms with Crippen molar-refractivity contribution in [1.82, 2.24) is 21.3 Å². The molecule has 19 heteroatoms. The van der Waals surface area contributed by atoms with E-state index in [1.807, 2.05) is 0 Å². The van der Waals surface area contributed by atoms with Crippen LogP contribution in [0.4, 0.5) is 0 Å². The van der Waals surface area contributed by atoms with Crippen LogP contribution >= 0.6 is 0 Å². The molecule has 0 rings (SSSR count). The van der Waals surface area contributed by atoms with Gasteiger partial charge in [-0.15, -0.1) is 0 Å². The maximum absolute atomic E-state index is 13.0. The average molecular weight is 573 g/mol. The predicted octanol–water partition coefficient (Wildman–Crippen LogP) is -6.03. The largest absolute Gasteiger partial charge is 0.480 e. The van der Waals surface area contributed by atoms with E-state index in [0.29, 0.717) is 0 Å². The lowest BCUT2D eigenvalue weighted by Crippen LogP contribution is -2.58. The number of nitrogens with two attached hydrogens (primary N) is 6. The Morgan fingerprint density at radius 1 is 0.700 bits per heavy atom. The van der Waals surface area contributed by atoms with Crippen molar-refractivity contribution < 1.29 is 33.9 Å². The summed E-state index contributed by atoms with van der Waals surface area (Å²) in [5.41, 5.74) is 31.5. The number of nitrogens with zero attached hydrogens (tertiary/aromatic N) is 2. The predicted molar refractivity (Wildman–Crippen MR) is 144 cm³/mol. The van der Waals surface area contributed by atoms with Gasteiger partial charge < -0.3 is 60.8 Å². The summed E-state index contributed by atoms with van der Waals surface area (Å²) in [6.45, 7) is 1.15. The van der Waals surface area contributed by atoms with Crippen molar-refractivity contribution in [2.75, 3.05) is 19.6 Å². The number of rotatable bonds is 19. The zero-order valence-electron chi connectivity index (χ0n) is 22.2. The molecule has 4 atom stereocenters. The van der Waals surface area contributed by atoms with Gasteiger partial charge in [0.1, 0.15) is 24.2 Å². The minimum absolute atomic E-state index is 0.0285. The van der Waals surface area contributed by atoms with Crippen LogP contribution in [0.15, 0.2) is 9.98 Å². The lowest BCUT2D eigenvalue weighted by molar-refractivity contribution is -0.142. The number of carboxylic acids is 1. The summed E-state index contributed by atoms with van der Waals surface area (Å²) in [4.78, 5) is 80.8. The molecule has 5 amide bonds. The standard InChI is InChI=1S/C21H40N12O7/c1-10(30-15(35)9-22)16(36)33-13(8-14(23)34)18(38)31-11(4-2-6-28-20(24)25)17(37)32-12(19(39)40)5-3-7-29-21(26)27/h10-13H,2-9,22H2,1H3,(H2,23,34)(H,30,35)(H,31,38)(H,32,37)(H,33,36)(H,39,40)(H4,24,25,28)(H4,26,27,29)/t10-,11-,12-,13-/m0/s1. The number of primary amides is 1. The van der Waals surface area contributed by atoms with Gasteiger partial charge in [0, 0.05) is 13.1 Å². The Morgan fingerprint density at radius 3 is 1.60 bits per heavy atom. The second kappa shape index (κ2) is 18.6. The Kier molecular flexibility index (Phi) is 16.4. The Bertz CT molecular complexity index is 964. The highest BCUT2D eigenvalue weighted by Crippen LogP contribution is 2.05. The summed E-state index contributed by atoms with van der Waals surface area (Å²) in [6.07, 6.45) is -0.302. The van der Waals surface area contributed by atoms with Gasteiger partial charge in [0.25, 0.3) is 0 Å². The van der Waals surface area contributed by atoms with Gasteiger partial charge >= 0.3 is 5.97 Å². The number of hydrogen-bond acceptors (Lipinski definition) is 9. The number of guanidine groups is 2.